The number of hydrogen-bond acceptors (Lipinski definition) is 7. The number of amides is 2. The van der Waals surface area contributed by atoms with Crippen LogP contribution in [0.25, 0.3) is 28.2 Å². The molecule has 0 spiro atoms. The normalized spacial score (nSPS) is 15.0. The lowest BCUT2D eigenvalue weighted by Crippen LogP contribution is -2.17. The van der Waals surface area contributed by atoms with Gasteiger partial charge < -0.3 is 9.15 Å². The molecule has 0 aliphatic carbocycles. The van der Waals surface area contributed by atoms with Gasteiger partial charge >= 0.3 is 0 Å². The first-order valence-electron chi connectivity index (χ1n) is 8.97. The summed E-state index contributed by atoms with van der Waals surface area (Å²) >= 11 is 0.845. The number of carbonyl (C=O) groups excluding carboxylic acids is 2. The number of hydrogen-bond donors (Lipinski definition) is 1. The summed E-state index contributed by atoms with van der Waals surface area (Å²) in [6, 6.07) is 14.8. The predicted molar refractivity (Wildman–Crippen MR) is 113 cm³/mol. The molecule has 30 heavy (non-hydrogen) atoms. The Bertz CT molecular complexity index is 1310. The van der Waals surface area contributed by atoms with Gasteiger partial charge in [-0.05, 0) is 41.6 Å². The number of ether oxygens (including phenoxy) is 1. The van der Waals surface area contributed by atoms with E-state index in [-0.39, 0.29) is 0 Å². The Hall–Kier alpha value is -3.91. The van der Waals surface area contributed by atoms with Gasteiger partial charge in [-0.3, -0.25) is 19.9 Å². The summed E-state index contributed by atoms with van der Waals surface area (Å²) in [7, 11) is 0. The molecule has 0 saturated carbocycles. The topological polar surface area (TPSA) is 94.3 Å². The van der Waals surface area contributed by atoms with Crippen LogP contribution in [0, 0.1) is 0 Å². The summed E-state index contributed by atoms with van der Waals surface area (Å²) in [5.41, 5.74) is 2.27. The van der Waals surface area contributed by atoms with Gasteiger partial charge in [0.2, 0.25) is 5.88 Å². The van der Waals surface area contributed by atoms with Crippen molar-refractivity contribution in [3.05, 3.63) is 77.8 Å². The zero-order valence-corrected chi connectivity index (χ0v) is 16.2. The lowest BCUT2D eigenvalue weighted by atomic mass is 10.1. The zero-order chi connectivity index (χ0) is 20.5. The molecule has 1 aliphatic rings. The Labute approximate surface area is 174 Å². The van der Waals surface area contributed by atoms with Crippen LogP contribution in [0.2, 0.25) is 0 Å². The summed E-state index contributed by atoms with van der Waals surface area (Å²) in [5.74, 6) is 1.17. The van der Waals surface area contributed by atoms with Crippen LogP contribution in [-0.2, 0) is 4.79 Å². The minimum absolute atomic E-state index is 0.291. The van der Waals surface area contributed by atoms with Gasteiger partial charge in [0, 0.05) is 41.7 Å². The van der Waals surface area contributed by atoms with E-state index < -0.39 is 11.1 Å². The maximum absolute atomic E-state index is 11.8. The highest BCUT2D eigenvalue weighted by Crippen LogP contribution is 2.34. The van der Waals surface area contributed by atoms with Crippen molar-refractivity contribution in [3.8, 4) is 22.8 Å². The molecule has 7 nitrogen and oxygen atoms in total. The molecule has 1 fully saturated rings. The monoisotopic (exact) mass is 415 g/mol. The van der Waals surface area contributed by atoms with Crippen LogP contribution in [0.4, 0.5) is 4.79 Å². The van der Waals surface area contributed by atoms with Crippen molar-refractivity contribution in [3.63, 3.8) is 0 Å². The summed E-state index contributed by atoms with van der Waals surface area (Å²) in [6.07, 6.45) is 6.61. The van der Waals surface area contributed by atoms with Gasteiger partial charge in [0.25, 0.3) is 11.1 Å². The van der Waals surface area contributed by atoms with Crippen molar-refractivity contribution >= 4 is 40.0 Å². The molecule has 5 rings (SSSR count). The Morgan fingerprint density at radius 3 is 2.80 bits per heavy atom. The second-order valence-corrected chi connectivity index (χ2v) is 7.42. The zero-order valence-electron chi connectivity index (χ0n) is 15.4. The molecule has 1 aromatic carbocycles. The lowest BCUT2D eigenvalue weighted by Gasteiger charge is -2.07. The number of furan rings is 1. The fraction of sp³-hybridized carbons (Fsp3) is 0. The molecule has 0 radical (unpaired) electrons. The number of carbonyl (C=O) groups is 2. The van der Waals surface area contributed by atoms with E-state index in [2.05, 4.69) is 15.3 Å². The van der Waals surface area contributed by atoms with Gasteiger partial charge in [-0.15, -0.1) is 0 Å². The first-order chi connectivity index (χ1) is 14.7. The van der Waals surface area contributed by atoms with Gasteiger partial charge in [0.1, 0.15) is 17.1 Å². The third-order valence-electron chi connectivity index (χ3n) is 4.36. The van der Waals surface area contributed by atoms with Crippen LogP contribution in [0.1, 0.15) is 5.76 Å². The predicted octanol–water partition coefficient (Wildman–Crippen LogP) is 5.01. The van der Waals surface area contributed by atoms with Crippen molar-refractivity contribution in [2.24, 2.45) is 0 Å². The Morgan fingerprint density at radius 1 is 1.07 bits per heavy atom. The number of nitrogens with zero attached hydrogens (tertiary/aromatic N) is 2. The molecule has 1 aliphatic heterocycles. The van der Waals surface area contributed by atoms with E-state index in [1.165, 1.54) is 0 Å². The molecule has 8 heteroatoms. The standard InChI is InChI=1S/C22H13N3O4S/c26-21-18(30-22(27)25-21)10-16-9-14-11-23-12-17(20(14)29-16)13-4-3-5-15(8-13)28-19-6-1-2-7-24-19/h1-12H,(H,25,26,27)/b18-10-. The smallest absolute Gasteiger partial charge is 0.290 e. The average molecular weight is 415 g/mol. The number of benzene rings is 1. The maximum atomic E-state index is 11.8. The molecule has 1 N–H and O–H groups in total. The Balaban J connectivity index is 1.51. The van der Waals surface area contributed by atoms with Crippen LogP contribution in [0.5, 0.6) is 11.6 Å². The minimum Gasteiger partial charge on any atom is -0.456 e. The summed E-state index contributed by atoms with van der Waals surface area (Å²) in [5, 5.41) is 2.62. The third kappa shape index (κ3) is 3.56. The van der Waals surface area contributed by atoms with E-state index in [4.69, 9.17) is 9.15 Å². The van der Waals surface area contributed by atoms with E-state index in [1.807, 2.05) is 36.4 Å². The second kappa shape index (κ2) is 7.49. The van der Waals surface area contributed by atoms with Crippen molar-refractivity contribution < 1.29 is 18.7 Å². The van der Waals surface area contributed by atoms with Crippen LogP contribution < -0.4 is 10.1 Å². The second-order valence-electron chi connectivity index (χ2n) is 6.40. The van der Waals surface area contributed by atoms with Crippen molar-refractivity contribution in [2.45, 2.75) is 0 Å². The maximum Gasteiger partial charge on any atom is 0.290 e. The number of aromatic nitrogens is 2. The van der Waals surface area contributed by atoms with Gasteiger partial charge in [-0.25, -0.2) is 4.98 Å². The van der Waals surface area contributed by atoms with Crippen molar-refractivity contribution in [1.29, 1.82) is 0 Å². The fourth-order valence-electron chi connectivity index (χ4n) is 3.06. The highest BCUT2D eigenvalue weighted by Gasteiger charge is 2.25. The fourth-order valence-corrected chi connectivity index (χ4v) is 3.73. The van der Waals surface area contributed by atoms with Crippen molar-refractivity contribution in [1.82, 2.24) is 15.3 Å². The first-order valence-corrected chi connectivity index (χ1v) is 9.79. The number of fused-ring (bicyclic) bond motifs is 1. The van der Waals surface area contributed by atoms with Gasteiger partial charge in [0.15, 0.2) is 0 Å². The molecule has 0 bridgehead atoms. The molecule has 0 atom stereocenters. The molecule has 3 aromatic heterocycles. The summed E-state index contributed by atoms with van der Waals surface area (Å²) < 4.78 is 11.8. The van der Waals surface area contributed by atoms with Gasteiger partial charge in [0.05, 0.1) is 4.91 Å². The first kappa shape index (κ1) is 18.1. The number of pyridine rings is 2. The van der Waals surface area contributed by atoms with E-state index in [0.29, 0.717) is 27.9 Å². The number of thioether (sulfide) groups is 1. The number of imide groups is 1. The van der Waals surface area contributed by atoms with Crippen LogP contribution in [-0.4, -0.2) is 21.1 Å². The number of nitrogens with one attached hydrogen (secondary N) is 1. The van der Waals surface area contributed by atoms with Gasteiger partial charge in [-0.1, -0.05) is 18.2 Å². The lowest BCUT2D eigenvalue weighted by molar-refractivity contribution is -0.115. The molecular formula is C22H13N3O4S. The average Bonchev–Trinajstić information content (AvgIpc) is 3.30. The van der Waals surface area contributed by atoms with E-state index in [0.717, 1.165) is 28.3 Å². The minimum atomic E-state index is -0.428. The van der Waals surface area contributed by atoms with Crippen LogP contribution in [0.3, 0.4) is 0 Å². The number of rotatable bonds is 4. The molecular weight excluding hydrogens is 402 g/mol. The highest BCUT2D eigenvalue weighted by molar-refractivity contribution is 8.18. The van der Waals surface area contributed by atoms with Crippen LogP contribution in [0.15, 0.2) is 76.4 Å². The summed E-state index contributed by atoms with van der Waals surface area (Å²) in [4.78, 5) is 31.9. The Kier molecular flexibility index (Phi) is 4.53. The largest absolute Gasteiger partial charge is 0.456 e. The highest BCUT2D eigenvalue weighted by atomic mass is 32.2. The van der Waals surface area contributed by atoms with E-state index >= 15 is 0 Å². The SMILES string of the molecule is O=C1NC(=O)/C(=C/c2cc3cncc(-c4cccc(Oc5ccccn5)c4)c3o2)S1. The van der Waals surface area contributed by atoms with Crippen LogP contribution >= 0.6 is 11.8 Å². The molecule has 0 unspecified atom stereocenters. The van der Waals surface area contributed by atoms with E-state index in [1.54, 1.807) is 36.8 Å². The quantitative estimate of drug-likeness (QED) is 0.468. The van der Waals surface area contributed by atoms with Gasteiger partial charge in [-0.2, -0.15) is 0 Å². The Morgan fingerprint density at radius 2 is 2.00 bits per heavy atom. The summed E-state index contributed by atoms with van der Waals surface area (Å²) in [6.45, 7) is 0. The third-order valence-corrected chi connectivity index (χ3v) is 5.17. The van der Waals surface area contributed by atoms with E-state index in [9.17, 15) is 9.59 Å². The van der Waals surface area contributed by atoms with Crippen molar-refractivity contribution in [2.75, 3.05) is 0 Å². The molecule has 4 heterocycles. The molecule has 2 amide bonds. The molecule has 1 saturated heterocycles. The molecule has 146 valence electrons. The molecule has 4 aromatic rings.